The number of hydrogen-bond acceptors (Lipinski definition) is 7. The predicted molar refractivity (Wildman–Crippen MR) is 141 cm³/mol. The van der Waals surface area contributed by atoms with Gasteiger partial charge in [-0.05, 0) is 79.4 Å². The zero-order valence-corrected chi connectivity index (χ0v) is 20.9. The van der Waals surface area contributed by atoms with Crippen LogP contribution in [0.3, 0.4) is 0 Å². The van der Waals surface area contributed by atoms with E-state index in [9.17, 15) is 14.7 Å². The van der Waals surface area contributed by atoms with Gasteiger partial charge in [-0.25, -0.2) is 0 Å². The molecule has 2 aliphatic heterocycles. The molecule has 3 aromatic rings. The lowest BCUT2D eigenvalue weighted by molar-refractivity contribution is -0.132. The van der Waals surface area contributed by atoms with Crippen LogP contribution in [0.15, 0.2) is 72.6 Å². The molecule has 1 N–H and O–H groups in total. The van der Waals surface area contributed by atoms with Crippen LogP contribution in [0.1, 0.15) is 36.4 Å². The normalized spacial score (nSPS) is 19.2. The van der Waals surface area contributed by atoms with E-state index in [0.717, 1.165) is 31.6 Å². The van der Waals surface area contributed by atoms with Crippen LogP contribution in [0.2, 0.25) is 0 Å². The minimum atomic E-state index is -0.822. The predicted octanol–water partition coefficient (Wildman–Crippen LogP) is 4.72. The maximum absolute atomic E-state index is 13.4. The number of Topliss-reactive ketones (excluding diaryl/α,β-unsaturated/α-hetero) is 1. The molecule has 3 heterocycles. The summed E-state index contributed by atoms with van der Waals surface area (Å²) in [5.74, 6) is -0.856. The molecule has 2 aliphatic rings. The second-order valence-electron chi connectivity index (χ2n) is 9.08. The number of carbonyl (C=O) groups excluding carboxylic acids is 2. The van der Waals surface area contributed by atoms with Crippen molar-refractivity contribution >= 4 is 28.8 Å². The third-order valence-corrected chi connectivity index (χ3v) is 6.97. The molecule has 1 aromatic heterocycles. The Hall–Kier alpha value is -4.33. The minimum absolute atomic E-state index is 0.00327. The Labute approximate surface area is 215 Å². The molecule has 8 nitrogen and oxygen atoms in total. The van der Waals surface area contributed by atoms with Gasteiger partial charge in [-0.1, -0.05) is 0 Å². The Morgan fingerprint density at radius 3 is 2.16 bits per heavy atom. The van der Waals surface area contributed by atoms with Crippen LogP contribution in [0, 0.1) is 0 Å². The Balaban J connectivity index is 1.60. The quantitative estimate of drug-likeness (QED) is 0.298. The number of methoxy groups -OCH3 is 2. The number of piperidine rings is 1. The van der Waals surface area contributed by atoms with Gasteiger partial charge in [-0.3, -0.25) is 19.5 Å². The van der Waals surface area contributed by atoms with Crippen molar-refractivity contribution in [1.29, 1.82) is 0 Å². The second kappa shape index (κ2) is 10.3. The molecular weight excluding hydrogens is 470 g/mol. The van der Waals surface area contributed by atoms with E-state index in [1.807, 2.05) is 24.3 Å². The number of aliphatic hydroxyl groups is 1. The molecule has 2 aromatic carbocycles. The summed E-state index contributed by atoms with van der Waals surface area (Å²) in [5.41, 5.74) is 2.68. The number of ketones is 1. The van der Waals surface area contributed by atoms with Crippen molar-refractivity contribution < 1.29 is 24.2 Å². The van der Waals surface area contributed by atoms with Gasteiger partial charge in [0.2, 0.25) is 0 Å². The maximum atomic E-state index is 13.4. The molecule has 1 atom stereocenters. The number of benzene rings is 2. The van der Waals surface area contributed by atoms with E-state index < -0.39 is 17.7 Å². The van der Waals surface area contributed by atoms with Crippen LogP contribution >= 0.6 is 0 Å². The number of nitrogens with zero attached hydrogens (tertiary/aromatic N) is 3. The minimum Gasteiger partial charge on any atom is -0.507 e. The Bertz CT molecular complexity index is 1330. The van der Waals surface area contributed by atoms with Gasteiger partial charge in [0.25, 0.3) is 11.7 Å². The molecule has 0 aliphatic carbocycles. The van der Waals surface area contributed by atoms with E-state index in [4.69, 9.17) is 9.47 Å². The highest BCUT2D eigenvalue weighted by Crippen LogP contribution is 2.43. The Morgan fingerprint density at radius 2 is 1.51 bits per heavy atom. The van der Waals surface area contributed by atoms with Crippen molar-refractivity contribution in [3.05, 3.63) is 83.7 Å². The average molecular weight is 500 g/mol. The van der Waals surface area contributed by atoms with Gasteiger partial charge >= 0.3 is 0 Å². The molecule has 0 spiro atoms. The number of aliphatic hydroxyl groups excluding tert-OH is 1. The molecule has 37 heavy (non-hydrogen) atoms. The fourth-order valence-corrected chi connectivity index (χ4v) is 5.08. The summed E-state index contributed by atoms with van der Waals surface area (Å²) >= 11 is 0. The van der Waals surface area contributed by atoms with Crippen molar-refractivity contribution in [2.75, 3.05) is 37.1 Å². The fourth-order valence-electron chi connectivity index (χ4n) is 5.08. The van der Waals surface area contributed by atoms with Crippen molar-refractivity contribution in [3.63, 3.8) is 0 Å². The van der Waals surface area contributed by atoms with Gasteiger partial charge in [0.05, 0.1) is 25.8 Å². The Morgan fingerprint density at radius 1 is 0.865 bits per heavy atom. The number of rotatable bonds is 6. The van der Waals surface area contributed by atoms with E-state index in [2.05, 4.69) is 9.88 Å². The summed E-state index contributed by atoms with van der Waals surface area (Å²) < 4.78 is 10.7. The lowest BCUT2D eigenvalue weighted by Gasteiger charge is -2.30. The molecule has 8 heteroatoms. The van der Waals surface area contributed by atoms with Crippen molar-refractivity contribution in [1.82, 2.24) is 4.98 Å². The smallest absolute Gasteiger partial charge is 0.300 e. The lowest BCUT2D eigenvalue weighted by atomic mass is 9.95. The molecule has 1 unspecified atom stereocenters. The van der Waals surface area contributed by atoms with Gasteiger partial charge in [-0.2, -0.15) is 0 Å². The van der Waals surface area contributed by atoms with Crippen LogP contribution < -0.4 is 19.3 Å². The zero-order valence-electron chi connectivity index (χ0n) is 20.9. The molecule has 5 rings (SSSR count). The SMILES string of the molecule is COc1ccc(/C(O)=C2/C(=O)C(=O)N(c3ccc(N4CCCCC4)cc3)C2c2ccncc2)cc1OC. The number of hydrogen-bond donors (Lipinski definition) is 1. The van der Waals surface area contributed by atoms with Gasteiger partial charge in [-0.15, -0.1) is 0 Å². The maximum Gasteiger partial charge on any atom is 0.300 e. The first-order valence-electron chi connectivity index (χ1n) is 12.3. The monoisotopic (exact) mass is 499 g/mol. The summed E-state index contributed by atoms with van der Waals surface area (Å²) in [7, 11) is 3.01. The highest BCUT2D eigenvalue weighted by Gasteiger charge is 2.47. The zero-order chi connectivity index (χ0) is 25.9. The lowest BCUT2D eigenvalue weighted by Crippen LogP contribution is -2.30. The standard InChI is InChI=1S/C29H29N3O5/c1-36-23-11-6-20(18-24(23)37-2)27(33)25-26(19-12-14-30-15-13-19)32(29(35)28(25)34)22-9-7-21(8-10-22)31-16-4-3-5-17-31/h6-15,18,26,33H,3-5,16-17H2,1-2H3/b27-25-. The summed E-state index contributed by atoms with van der Waals surface area (Å²) in [4.78, 5) is 34.7. The first-order chi connectivity index (χ1) is 18.0. The van der Waals surface area contributed by atoms with Gasteiger partial charge < -0.3 is 19.5 Å². The third-order valence-electron chi connectivity index (χ3n) is 6.97. The van der Waals surface area contributed by atoms with Crippen LogP contribution in [0.25, 0.3) is 5.76 Å². The van der Waals surface area contributed by atoms with Crippen LogP contribution in [0.4, 0.5) is 11.4 Å². The molecule has 2 fully saturated rings. The average Bonchev–Trinajstić information content (AvgIpc) is 3.23. The van der Waals surface area contributed by atoms with Crippen LogP contribution in [-0.2, 0) is 9.59 Å². The van der Waals surface area contributed by atoms with E-state index in [-0.39, 0.29) is 11.3 Å². The summed E-state index contributed by atoms with van der Waals surface area (Å²) in [5, 5.41) is 11.4. The molecule has 190 valence electrons. The molecular formula is C29H29N3O5. The summed E-state index contributed by atoms with van der Waals surface area (Å²) in [6.07, 6.45) is 6.77. The first-order valence-corrected chi connectivity index (χ1v) is 12.3. The number of carbonyl (C=O) groups is 2. The molecule has 2 saturated heterocycles. The molecule has 0 bridgehead atoms. The van der Waals surface area contributed by atoms with Gasteiger partial charge in [0, 0.05) is 42.4 Å². The van der Waals surface area contributed by atoms with E-state index in [1.54, 1.807) is 42.7 Å². The van der Waals surface area contributed by atoms with Crippen LogP contribution in [-0.4, -0.2) is 49.1 Å². The fraction of sp³-hybridized carbons (Fsp3) is 0.276. The number of amides is 1. The largest absolute Gasteiger partial charge is 0.507 e. The Kier molecular flexibility index (Phi) is 6.81. The van der Waals surface area contributed by atoms with E-state index >= 15 is 0 Å². The first kappa shape index (κ1) is 24.4. The number of pyridine rings is 1. The molecule has 1 amide bonds. The van der Waals surface area contributed by atoms with Crippen LogP contribution in [0.5, 0.6) is 11.5 Å². The number of ether oxygens (including phenoxy) is 2. The van der Waals surface area contributed by atoms with Gasteiger partial charge in [0.1, 0.15) is 5.76 Å². The topological polar surface area (TPSA) is 92.2 Å². The summed E-state index contributed by atoms with van der Waals surface area (Å²) in [6, 6.07) is 15.2. The summed E-state index contributed by atoms with van der Waals surface area (Å²) in [6.45, 7) is 2.01. The second-order valence-corrected chi connectivity index (χ2v) is 9.08. The highest BCUT2D eigenvalue weighted by molar-refractivity contribution is 6.51. The van der Waals surface area contributed by atoms with E-state index in [1.165, 1.54) is 25.5 Å². The third kappa shape index (κ3) is 4.50. The van der Waals surface area contributed by atoms with Gasteiger partial charge in [0.15, 0.2) is 11.5 Å². The van der Waals surface area contributed by atoms with E-state index in [0.29, 0.717) is 28.3 Å². The molecule has 0 saturated carbocycles. The molecule has 0 radical (unpaired) electrons. The number of aromatic nitrogens is 1. The highest BCUT2D eigenvalue weighted by atomic mass is 16.5. The van der Waals surface area contributed by atoms with Crippen molar-refractivity contribution in [3.8, 4) is 11.5 Å². The number of anilines is 2. The van der Waals surface area contributed by atoms with Crippen molar-refractivity contribution in [2.24, 2.45) is 0 Å². The van der Waals surface area contributed by atoms with Crippen molar-refractivity contribution in [2.45, 2.75) is 25.3 Å².